The van der Waals surface area contributed by atoms with Crippen molar-refractivity contribution in [3.05, 3.63) is 48.0 Å². The molecule has 8 heteroatoms. The van der Waals surface area contributed by atoms with Gasteiger partial charge in [-0.15, -0.1) is 11.3 Å². The number of anilines is 1. The second-order valence-electron chi connectivity index (χ2n) is 3.66. The Labute approximate surface area is 140 Å². The molecule has 4 nitrogen and oxygen atoms in total. The van der Waals surface area contributed by atoms with Crippen molar-refractivity contribution >= 4 is 72.4 Å². The summed E-state index contributed by atoms with van der Waals surface area (Å²) >= 11 is 13.9. The van der Waals surface area contributed by atoms with E-state index < -0.39 is 11.9 Å². The van der Waals surface area contributed by atoms with Gasteiger partial charge in [0.05, 0.1) is 29.4 Å². The van der Waals surface area contributed by atoms with Gasteiger partial charge >= 0.3 is 5.97 Å². The lowest BCUT2D eigenvalue weighted by Crippen LogP contribution is -2.15. The molecule has 0 radical (unpaired) electrons. The Morgan fingerprint density at radius 1 is 1.25 bits per heavy atom. The molecular formula is C12H6Br2ClNO3S. The first-order valence-corrected chi connectivity index (χ1v) is 7.96. The van der Waals surface area contributed by atoms with E-state index in [1.54, 1.807) is 6.07 Å². The molecule has 0 atom stereocenters. The number of halogens is 3. The average Bonchev–Trinajstić information content (AvgIpc) is 2.70. The van der Waals surface area contributed by atoms with Crippen molar-refractivity contribution in [3.8, 4) is 0 Å². The minimum atomic E-state index is -1.16. The fourth-order valence-electron chi connectivity index (χ4n) is 1.51. The molecule has 0 bridgehead atoms. The van der Waals surface area contributed by atoms with Crippen LogP contribution in [0.15, 0.2) is 31.8 Å². The van der Waals surface area contributed by atoms with E-state index in [1.165, 1.54) is 29.5 Å². The quantitative estimate of drug-likeness (QED) is 0.717. The van der Waals surface area contributed by atoms with Crippen LogP contribution in [0.2, 0.25) is 5.02 Å². The SMILES string of the molecule is O=C(Nc1c(Cl)cccc1C(=O)O)c1cc(Br)sc1Br. The van der Waals surface area contributed by atoms with E-state index in [2.05, 4.69) is 37.2 Å². The number of rotatable bonds is 3. The number of carbonyl (C=O) groups is 2. The maximum absolute atomic E-state index is 12.2. The van der Waals surface area contributed by atoms with E-state index in [-0.39, 0.29) is 16.3 Å². The second-order valence-corrected chi connectivity index (χ2v) is 7.82. The van der Waals surface area contributed by atoms with Crippen LogP contribution in [0.3, 0.4) is 0 Å². The Hall–Kier alpha value is -0.890. The molecule has 1 aromatic carbocycles. The average molecular weight is 440 g/mol. The molecule has 1 amide bonds. The molecule has 0 aliphatic carbocycles. The highest BCUT2D eigenvalue weighted by Crippen LogP contribution is 2.33. The minimum Gasteiger partial charge on any atom is -0.478 e. The Balaban J connectivity index is 2.37. The lowest BCUT2D eigenvalue weighted by Gasteiger charge is -2.09. The Morgan fingerprint density at radius 3 is 2.50 bits per heavy atom. The summed E-state index contributed by atoms with van der Waals surface area (Å²) in [6, 6.07) is 6.05. The first-order valence-electron chi connectivity index (χ1n) is 5.18. The zero-order valence-electron chi connectivity index (χ0n) is 9.62. The zero-order chi connectivity index (χ0) is 14.9. The number of hydrogen-bond acceptors (Lipinski definition) is 3. The van der Waals surface area contributed by atoms with E-state index in [9.17, 15) is 9.59 Å². The fourth-order valence-corrected chi connectivity index (χ4v) is 4.52. The lowest BCUT2D eigenvalue weighted by molar-refractivity contribution is 0.0698. The van der Waals surface area contributed by atoms with Gasteiger partial charge in [0.1, 0.15) is 0 Å². The van der Waals surface area contributed by atoms with E-state index in [1.807, 2.05) is 0 Å². The van der Waals surface area contributed by atoms with Crippen LogP contribution in [-0.4, -0.2) is 17.0 Å². The Kier molecular flexibility index (Phi) is 4.85. The topological polar surface area (TPSA) is 66.4 Å². The van der Waals surface area contributed by atoms with Crippen LogP contribution in [0.1, 0.15) is 20.7 Å². The van der Waals surface area contributed by atoms with Crippen molar-refractivity contribution in [1.82, 2.24) is 0 Å². The van der Waals surface area contributed by atoms with E-state index >= 15 is 0 Å². The van der Waals surface area contributed by atoms with Crippen molar-refractivity contribution in [2.24, 2.45) is 0 Å². The third-order valence-electron chi connectivity index (χ3n) is 2.38. The number of carbonyl (C=O) groups excluding carboxylic acids is 1. The first-order chi connectivity index (χ1) is 9.40. The summed E-state index contributed by atoms with van der Waals surface area (Å²) < 4.78 is 1.43. The largest absolute Gasteiger partial charge is 0.478 e. The summed E-state index contributed by atoms with van der Waals surface area (Å²) in [5, 5.41) is 11.8. The molecule has 0 saturated carbocycles. The van der Waals surface area contributed by atoms with Crippen LogP contribution < -0.4 is 5.32 Å². The molecule has 0 aliphatic rings. The highest BCUT2D eigenvalue weighted by atomic mass is 79.9. The molecule has 20 heavy (non-hydrogen) atoms. The Bertz CT molecular complexity index is 702. The number of benzene rings is 1. The van der Waals surface area contributed by atoms with E-state index in [4.69, 9.17) is 16.7 Å². The zero-order valence-corrected chi connectivity index (χ0v) is 14.4. The predicted molar refractivity (Wildman–Crippen MR) is 86.1 cm³/mol. The van der Waals surface area contributed by atoms with Crippen LogP contribution >= 0.6 is 54.8 Å². The molecule has 104 valence electrons. The third-order valence-corrected chi connectivity index (χ3v) is 5.04. The van der Waals surface area contributed by atoms with Crippen LogP contribution in [0.5, 0.6) is 0 Å². The number of aromatic carboxylic acids is 1. The number of nitrogens with one attached hydrogen (secondary N) is 1. The molecule has 0 fully saturated rings. The molecule has 0 aliphatic heterocycles. The van der Waals surface area contributed by atoms with E-state index in [0.29, 0.717) is 9.35 Å². The Morgan fingerprint density at radius 2 is 1.95 bits per heavy atom. The smallest absolute Gasteiger partial charge is 0.337 e. The summed E-state index contributed by atoms with van der Waals surface area (Å²) in [5.74, 6) is -1.59. The number of amides is 1. The van der Waals surface area contributed by atoms with Crippen LogP contribution in [0, 0.1) is 0 Å². The standard InChI is InChI=1S/C12H6Br2ClNO3S/c13-8-4-6(10(14)20-8)11(17)16-9-5(12(18)19)2-1-3-7(9)15/h1-4H,(H,16,17)(H,18,19). The molecule has 2 N–H and O–H groups in total. The summed E-state index contributed by atoms with van der Waals surface area (Å²) in [6.07, 6.45) is 0. The maximum atomic E-state index is 12.2. The van der Waals surface area contributed by atoms with Crippen molar-refractivity contribution in [3.63, 3.8) is 0 Å². The van der Waals surface area contributed by atoms with Crippen LogP contribution in [0.4, 0.5) is 5.69 Å². The summed E-state index contributed by atoms with van der Waals surface area (Å²) in [7, 11) is 0. The summed E-state index contributed by atoms with van der Waals surface area (Å²) in [4.78, 5) is 23.3. The van der Waals surface area contributed by atoms with Crippen LogP contribution in [0.25, 0.3) is 0 Å². The molecule has 1 heterocycles. The number of carboxylic acids is 1. The highest BCUT2D eigenvalue weighted by molar-refractivity contribution is 9.12. The molecule has 0 unspecified atom stereocenters. The van der Waals surface area contributed by atoms with Gasteiger partial charge in [-0.25, -0.2) is 4.79 Å². The lowest BCUT2D eigenvalue weighted by atomic mass is 10.1. The van der Waals surface area contributed by atoms with Crippen molar-refractivity contribution in [2.45, 2.75) is 0 Å². The fraction of sp³-hybridized carbons (Fsp3) is 0. The van der Waals surface area contributed by atoms with Gasteiger partial charge in [0.2, 0.25) is 0 Å². The number of para-hydroxylation sites is 1. The van der Waals surface area contributed by atoms with Gasteiger partial charge in [-0.2, -0.15) is 0 Å². The van der Waals surface area contributed by atoms with Gasteiger partial charge in [0, 0.05) is 0 Å². The number of thiophene rings is 1. The minimum absolute atomic E-state index is 0.0590. The third kappa shape index (κ3) is 3.22. The molecule has 2 aromatic rings. The number of hydrogen-bond donors (Lipinski definition) is 2. The molecular weight excluding hydrogens is 433 g/mol. The molecule has 0 saturated heterocycles. The normalized spacial score (nSPS) is 10.3. The van der Waals surface area contributed by atoms with Gasteiger partial charge in [0.25, 0.3) is 5.91 Å². The second kappa shape index (κ2) is 6.26. The van der Waals surface area contributed by atoms with Gasteiger partial charge in [-0.3, -0.25) is 4.79 Å². The van der Waals surface area contributed by atoms with Gasteiger partial charge in [0.15, 0.2) is 0 Å². The predicted octanol–water partition coefficient (Wildman–Crippen LogP) is 4.88. The van der Waals surface area contributed by atoms with Crippen molar-refractivity contribution in [2.75, 3.05) is 5.32 Å². The monoisotopic (exact) mass is 437 g/mol. The van der Waals surface area contributed by atoms with Gasteiger partial charge in [-0.05, 0) is 50.1 Å². The van der Waals surface area contributed by atoms with E-state index in [0.717, 1.165) is 3.79 Å². The molecule has 2 rings (SSSR count). The summed E-state index contributed by atoms with van der Waals surface area (Å²) in [5.41, 5.74) is 0.426. The summed E-state index contributed by atoms with van der Waals surface area (Å²) in [6.45, 7) is 0. The first kappa shape index (κ1) is 15.5. The van der Waals surface area contributed by atoms with Crippen molar-refractivity contribution in [1.29, 1.82) is 0 Å². The molecule has 0 spiro atoms. The highest BCUT2D eigenvalue weighted by Gasteiger charge is 2.19. The van der Waals surface area contributed by atoms with Crippen LogP contribution in [-0.2, 0) is 0 Å². The number of carboxylic acid groups (broad SMARTS) is 1. The molecule has 1 aromatic heterocycles. The van der Waals surface area contributed by atoms with Gasteiger partial charge < -0.3 is 10.4 Å². The van der Waals surface area contributed by atoms with Gasteiger partial charge in [-0.1, -0.05) is 17.7 Å². The van der Waals surface area contributed by atoms with Crippen molar-refractivity contribution < 1.29 is 14.7 Å². The maximum Gasteiger partial charge on any atom is 0.337 e.